The molecule has 2 aromatic heterocycles. The highest BCUT2D eigenvalue weighted by atomic mass is 79.9. The summed E-state index contributed by atoms with van der Waals surface area (Å²) in [6.07, 6.45) is 0. The Morgan fingerprint density at radius 3 is 2.52 bits per heavy atom. The Bertz CT molecular complexity index is 1020. The number of carbonyl (C=O) groups is 1. The lowest BCUT2D eigenvalue weighted by atomic mass is 9.93. The van der Waals surface area contributed by atoms with Crippen LogP contribution >= 0.6 is 27.3 Å². The maximum absolute atomic E-state index is 12.3. The monoisotopic (exact) mass is 446 g/mol. The minimum Gasteiger partial charge on any atom is -0.300 e. The van der Waals surface area contributed by atoms with Gasteiger partial charge in [0.25, 0.3) is 5.56 Å². The average molecular weight is 447 g/mol. The van der Waals surface area contributed by atoms with Gasteiger partial charge in [-0.05, 0) is 18.2 Å². The number of nitrogens with one attached hydrogen (secondary N) is 1. The van der Waals surface area contributed by atoms with Gasteiger partial charge in [-0.2, -0.15) is 5.10 Å². The smallest absolute Gasteiger partial charge is 0.267 e. The lowest BCUT2D eigenvalue weighted by Gasteiger charge is -2.14. The summed E-state index contributed by atoms with van der Waals surface area (Å²) < 4.78 is 2.11. The fourth-order valence-corrected chi connectivity index (χ4v) is 3.52. The van der Waals surface area contributed by atoms with E-state index < -0.39 is 0 Å². The van der Waals surface area contributed by atoms with Crippen LogP contribution in [0.5, 0.6) is 0 Å². The molecule has 0 radical (unpaired) electrons. The van der Waals surface area contributed by atoms with Gasteiger partial charge in [-0.15, -0.1) is 11.3 Å². The molecule has 0 fully saturated rings. The van der Waals surface area contributed by atoms with E-state index in [-0.39, 0.29) is 23.4 Å². The highest BCUT2D eigenvalue weighted by Gasteiger charge is 2.18. The van der Waals surface area contributed by atoms with Crippen LogP contribution in [0.25, 0.3) is 11.3 Å². The maximum atomic E-state index is 12.3. The van der Waals surface area contributed by atoms with Crippen molar-refractivity contribution < 1.29 is 4.79 Å². The van der Waals surface area contributed by atoms with Crippen LogP contribution in [-0.2, 0) is 16.8 Å². The van der Waals surface area contributed by atoms with Crippen molar-refractivity contribution in [2.75, 3.05) is 5.32 Å². The van der Waals surface area contributed by atoms with E-state index in [0.717, 1.165) is 20.4 Å². The number of rotatable bonds is 4. The summed E-state index contributed by atoms with van der Waals surface area (Å²) >= 11 is 4.75. The molecule has 0 spiro atoms. The lowest BCUT2D eigenvalue weighted by molar-refractivity contribution is -0.117. The standard InChI is InChI=1S/C19H19BrN4O2S/c1-19(2,3)15-11-27-18(21-15)22-16(25)10-24-17(26)9-8-14(23-24)12-4-6-13(20)7-5-12/h4-9,11H,10H2,1-3H3,(H,21,22,25). The minimum atomic E-state index is -0.340. The van der Waals surface area contributed by atoms with Crippen LogP contribution in [0.2, 0.25) is 0 Å². The van der Waals surface area contributed by atoms with Crippen LogP contribution in [-0.4, -0.2) is 20.7 Å². The van der Waals surface area contributed by atoms with E-state index in [1.807, 2.05) is 29.6 Å². The Kier molecular flexibility index (Phi) is 5.57. The van der Waals surface area contributed by atoms with Gasteiger partial charge in [0.2, 0.25) is 5.91 Å². The molecule has 0 unspecified atom stereocenters. The molecule has 6 nitrogen and oxygen atoms in total. The first-order valence-electron chi connectivity index (χ1n) is 8.32. The Balaban J connectivity index is 1.75. The second-order valence-corrected chi connectivity index (χ2v) is 8.83. The largest absolute Gasteiger partial charge is 0.300 e. The third kappa shape index (κ3) is 4.90. The van der Waals surface area contributed by atoms with Crippen molar-refractivity contribution >= 4 is 38.3 Å². The van der Waals surface area contributed by atoms with Crippen molar-refractivity contribution in [2.24, 2.45) is 0 Å². The minimum absolute atomic E-state index is 0.0863. The van der Waals surface area contributed by atoms with E-state index in [1.54, 1.807) is 6.07 Å². The van der Waals surface area contributed by atoms with Crippen LogP contribution < -0.4 is 10.9 Å². The molecule has 0 aliphatic rings. The van der Waals surface area contributed by atoms with Crippen LogP contribution in [0.3, 0.4) is 0 Å². The van der Waals surface area contributed by atoms with Crippen molar-refractivity contribution in [1.82, 2.24) is 14.8 Å². The van der Waals surface area contributed by atoms with Crippen molar-refractivity contribution in [3.05, 3.63) is 62.3 Å². The molecule has 0 saturated carbocycles. The first-order chi connectivity index (χ1) is 12.7. The van der Waals surface area contributed by atoms with Crippen LogP contribution in [0.1, 0.15) is 26.5 Å². The predicted molar refractivity (Wildman–Crippen MR) is 111 cm³/mol. The number of hydrogen-bond donors (Lipinski definition) is 1. The molecule has 1 amide bonds. The fourth-order valence-electron chi connectivity index (χ4n) is 2.31. The number of halogens is 1. The number of anilines is 1. The Morgan fingerprint density at radius 1 is 1.19 bits per heavy atom. The van der Waals surface area contributed by atoms with E-state index in [1.165, 1.54) is 17.4 Å². The predicted octanol–water partition coefficient (Wildman–Crippen LogP) is 4.07. The lowest BCUT2D eigenvalue weighted by Crippen LogP contribution is -2.29. The summed E-state index contributed by atoms with van der Waals surface area (Å²) in [6.45, 7) is 6.01. The van der Waals surface area contributed by atoms with E-state index >= 15 is 0 Å². The number of aromatic nitrogens is 3. The zero-order chi connectivity index (χ0) is 19.6. The molecule has 0 bridgehead atoms. The highest BCUT2D eigenvalue weighted by Crippen LogP contribution is 2.26. The van der Waals surface area contributed by atoms with Gasteiger partial charge in [0.1, 0.15) is 6.54 Å². The molecule has 0 aliphatic carbocycles. The third-order valence-electron chi connectivity index (χ3n) is 3.82. The molecule has 1 aromatic carbocycles. The molecule has 0 saturated heterocycles. The maximum Gasteiger partial charge on any atom is 0.267 e. The van der Waals surface area contributed by atoms with Gasteiger partial charge in [-0.3, -0.25) is 9.59 Å². The molecular formula is C19H19BrN4O2S. The normalized spacial score (nSPS) is 11.4. The van der Waals surface area contributed by atoms with Crippen molar-refractivity contribution in [3.63, 3.8) is 0 Å². The van der Waals surface area contributed by atoms with Crippen LogP contribution in [0, 0.1) is 0 Å². The Morgan fingerprint density at radius 2 is 1.89 bits per heavy atom. The van der Waals surface area contributed by atoms with Gasteiger partial charge in [-0.25, -0.2) is 9.67 Å². The van der Waals surface area contributed by atoms with Gasteiger partial charge in [0.15, 0.2) is 5.13 Å². The number of carbonyl (C=O) groups excluding carboxylic acids is 1. The molecule has 140 valence electrons. The zero-order valence-corrected chi connectivity index (χ0v) is 17.6. The number of benzene rings is 1. The average Bonchev–Trinajstić information content (AvgIpc) is 3.06. The molecule has 3 aromatic rings. The Labute approximate surface area is 169 Å². The summed E-state index contributed by atoms with van der Waals surface area (Å²) in [5, 5.41) is 9.49. The van der Waals surface area contributed by atoms with E-state index in [0.29, 0.717) is 10.8 Å². The third-order valence-corrected chi connectivity index (χ3v) is 5.11. The quantitative estimate of drug-likeness (QED) is 0.655. The number of hydrogen-bond acceptors (Lipinski definition) is 5. The van der Waals surface area contributed by atoms with Gasteiger partial charge in [0.05, 0.1) is 11.4 Å². The summed E-state index contributed by atoms with van der Waals surface area (Å²) in [5.41, 5.74) is 1.98. The van der Waals surface area contributed by atoms with Gasteiger partial charge in [-0.1, -0.05) is 48.8 Å². The van der Waals surface area contributed by atoms with E-state index in [9.17, 15) is 9.59 Å². The molecular weight excluding hydrogens is 428 g/mol. The second kappa shape index (κ2) is 7.74. The Hall–Kier alpha value is -2.32. The fraction of sp³-hybridized carbons (Fsp3) is 0.263. The van der Waals surface area contributed by atoms with Crippen LogP contribution in [0.15, 0.2) is 51.0 Å². The summed E-state index contributed by atoms with van der Waals surface area (Å²) in [6, 6.07) is 10.6. The topological polar surface area (TPSA) is 76.9 Å². The number of thiazole rings is 1. The van der Waals surface area contributed by atoms with E-state index in [2.05, 4.69) is 52.1 Å². The molecule has 0 atom stereocenters. The number of nitrogens with zero attached hydrogens (tertiary/aromatic N) is 3. The van der Waals surface area contributed by atoms with Gasteiger partial charge >= 0.3 is 0 Å². The highest BCUT2D eigenvalue weighted by molar-refractivity contribution is 9.10. The van der Waals surface area contributed by atoms with Gasteiger partial charge < -0.3 is 5.32 Å². The zero-order valence-electron chi connectivity index (χ0n) is 15.2. The molecule has 3 rings (SSSR count). The number of amides is 1. The first-order valence-corrected chi connectivity index (χ1v) is 9.99. The molecule has 1 N–H and O–H groups in total. The second-order valence-electron chi connectivity index (χ2n) is 7.06. The molecule has 2 heterocycles. The SMILES string of the molecule is CC(C)(C)c1csc(NC(=O)Cn2nc(-c3ccc(Br)cc3)ccc2=O)n1. The summed E-state index contributed by atoms with van der Waals surface area (Å²) in [4.78, 5) is 28.8. The molecule has 27 heavy (non-hydrogen) atoms. The first kappa shape index (κ1) is 19.4. The van der Waals surface area contributed by atoms with E-state index in [4.69, 9.17) is 0 Å². The van der Waals surface area contributed by atoms with Crippen molar-refractivity contribution in [2.45, 2.75) is 32.7 Å². The van der Waals surface area contributed by atoms with Gasteiger partial charge in [0, 0.05) is 26.9 Å². The van der Waals surface area contributed by atoms with Crippen molar-refractivity contribution in [1.29, 1.82) is 0 Å². The molecule has 0 aliphatic heterocycles. The summed E-state index contributed by atoms with van der Waals surface area (Å²) in [7, 11) is 0. The van der Waals surface area contributed by atoms with Crippen LogP contribution in [0.4, 0.5) is 5.13 Å². The molecule has 8 heteroatoms. The summed E-state index contributed by atoms with van der Waals surface area (Å²) in [5.74, 6) is -0.340. The van der Waals surface area contributed by atoms with Crippen molar-refractivity contribution in [3.8, 4) is 11.3 Å².